The van der Waals surface area contributed by atoms with Gasteiger partial charge in [0.25, 0.3) is 5.91 Å². The van der Waals surface area contributed by atoms with Gasteiger partial charge in [-0.05, 0) is 12.0 Å². The van der Waals surface area contributed by atoms with E-state index in [9.17, 15) is 14.7 Å². The Morgan fingerprint density at radius 3 is 2.86 bits per heavy atom. The highest BCUT2D eigenvalue weighted by Gasteiger charge is 2.29. The zero-order valence-corrected chi connectivity index (χ0v) is 11.8. The van der Waals surface area contributed by atoms with Gasteiger partial charge in [0.15, 0.2) is 11.4 Å². The summed E-state index contributed by atoms with van der Waals surface area (Å²) >= 11 is 0. The molecule has 0 aliphatic carbocycles. The van der Waals surface area contributed by atoms with E-state index in [4.69, 9.17) is 4.74 Å². The molecule has 0 unspecified atom stereocenters. The van der Waals surface area contributed by atoms with E-state index in [0.717, 1.165) is 5.56 Å². The van der Waals surface area contributed by atoms with Gasteiger partial charge in [-0.15, -0.1) is 0 Å². The van der Waals surface area contributed by atoms with E-state index in [-0.39, 0.29) is 29.7 Å². The molecule has 7 nitrogen and oxygen atoms in total. The number of nitrogens with zero attached hydrogens (tertiary/aromatic N) is 2. The van der Waals surface area contributed by atoms with Crippen molar-refractivity contribution in [3.05, 3.63) is 47.3 Å². The highest BCUT2D eigenvalue weighted by molar-refractivity contribution is 6.00. The van der Waals surface area contributed by atoms with Crippen LogP contribution in [0.4, 0.5) is 0 Å². The Kier molecular flexibility index (Phi) is 3.78. The lowest BCUT2D eigenvalue weighted by Gasteiger charge is -2.08. The number of carbonyl (C=O) groups is 2. The second kappa shape index (κ2) is 5.88. The summed E-state index contributed by atoms with van der Waals surface area (Å²) in [5.41, 5.74) is 0.821. The third kappa shape index (κ3) is 2.65. The number of carboxylic acids is 1. The van der Waals surface area contributed by atoms with E-state index in [1.165, 1.54) is 4.68 Å². The van der Waals surface area contributed by atoms with Crippen LogP contribution in [0.2, 0.25) is 0 Å². The lowest BCUT2D eigenvalue weighted by molar-refractivity contribution is 0.0684. The van der Waals surface area contributed by atoms with Crippen molar-refractivity contribution < 1.29 is 19.4 Å². The molecule has 0 fully saturated rings. The predicted octanol–water partition coefficient (Wildman–Crippen LogP) is 1.29. The van der Waals surface area contributed by atoms with Crippen LogP contribution in [0.5, 0.6) is 5.75 Å². The van der Waals surface area contributed by atoms with Gasteiger partial charge in [-0.1, -0.05) is 30.3 Å². The minimum Gasteiger partial charge on any atom is -0.484 e. The van der Waals surface area contributed by atoms with Gasteiger partial charge in [0.2, 0.25) is 5.69 Å². The number of amides is 1. The number of aryl methyl sites for hydroxylation is 1. The highest BCUT2D eigenvalue weighted by atomic mass is 16.5. The van der Waals surface area contributed by atoms with Crippen LogP contribution >= 0.6 is 0 Å². The second-order valence-electron chi connectivity index (χ2n) is 4.94. The van der Waals surface area contributed by atoms with Crippen LogP contribution < -0.4 is 10.1 Å². The van der Waals surface area contributed by atoms with Gasteiger partial charge in [0.1, 0.15) is 6.61 Å². The standard InChI is InChI=1S/C15H15N3O4/c19-14-12-13(22-9-10-5-2-1-3-6-10)11(15(20)21)17-18(12)8-4-7-16-14/h1-3,5-6H,4,7-9H2,(H,16,19)(H,20,21). The number of aromatic nitrogens is 2. The van der Waals surface area contributed by atoms with Crippen LogP contribution in [0.1, 0.15) is 33.0 Å². The van der Waals surface area contributed by atoms with Gasteiger partial charge >= 0.3 is 5.97 Å². The molecule has 2 heterocycles. The zero-order chi connectivity index (χ0) is 15.5. The summed E-state index contributed by atoms with van der Waals surface area (Å²) in [7, 11) is 0. The van der Waals surface area contributed by atoms with Gasteiger partial charge < -0.3 is 15.2 Å². The molecular weight excluding hydrogens is 286 g/mol. The molecule has 7 heteroatoms. The number of carbonyl (C=O) groups excluding carboxylic acids is 1. The van der Waals surface area contributed by atoms with Crippen molar-refractivity contribution in [3.63, 3.8) is 0 Å². The van der Waals surface area contributed by atoms with Crippen LogP contribution in [0, 0.1) is 0 Å². The Morgan fingerprint density at radius 1 is 1.36 bits per heavy atom. The van der Waals surface area contributed by atoms with E-state index in [2.05, 4.69) is 10.4 Å². The molecule has 0 bridgehead atoms. The number of ether oxygens (including phenoxy) is 1. The van der Waals surface area contributed by atoms with E-state index in [1.54, 1.807) is 0 Å². The van der Waals surface area contributed by atoms with Crippen molar-refractivity contribution in [3.8, 4) is 5.75 Å². The molecule has 1 amide bonds. The summed E-state index contributed by atoms with van der Waals surface area (Å²) < 4.78 is 7.03. The molecule has 22 heavy (non-hydrogen) atoms. The quantitative estimate of drug-likeness (QED) is 0.887. The molecule has 1 aliphatic heterocycles. The number of hydrogen-bond donors (Lipinski definition) is 2. The summed E-state index contributed by atoms with van der Waals surface area (Å²) in [5, 5.41) is 16.0. The Bertz CT molecular complexity index is 709. The number of benzene rings is 1. The number of rotatable bonds is 4. The largest absolute Gasteiger partial charge is 0.484 e. The number of nitrogens with one attached hydrogen (secondary N) is 1. The molecule has 2 aromatic rings. The Labute approximate surface area is 126 Å². The second-order valence-corrected chi connectivity index (χ2v) is 4.94. The van der Waals surface area contributed by atoms with E-state index >= 15 is 0 Å². The Balaban J connectivity index is 1.95. The van der Waals surface area contributed by atoms with Crippen molar-refractivity contribution in [1.82, 2.24) is 15.1 Å². The predicted molar refractivity (Wildman–Crippen MR) is 76.9 cm³/mol. The van der Waals surface area contributed by atoms with Crippen molar-refractivity contribution in [1.29, 1.82) is 0 Å². The van der Waals surface area contributed by atoms with E-state index in [0.29, 0.717) is 19.5 Å². The maximum absolute atomic E-state index is 12.1. The summed E-state index contributed by atoms with van der Waals surface area (Å²) in [6.45, 7) is 1.18. The molecule has 114 valence electrons. The third-order valence-electron chi connectivity index (χ3n) is 3.38. The fraction of sp³-hybridized carbons (Fsp3) is 0.267. The summed E-state index contributed by atoms with van der Waals surface area (Å²) in [5.74, 6) is -1.55. The zero-order valence-electron chi connectivity index (χ0n) is 11.8. The molecule has 0 atom stereocenters. The first kappa shape index (κ1) is 14.1. The maximum Gasteiger partial charge on any atom is 0.360 e. The summed E-state index contributed by atoms with van der Waals surface area (Å²) in [4.78, 5) is 23.5. The molecule has 3 rings (SSSR count). The lowest BCUT2D eigenvalue weighted by Crippen LogP contribution is -2.23. The van der Waals surface area contributed by atoms with Crippen LogP contribution in [0.15, 0.2) is 30.3 Å². The van der Waals surface area contributed by atoms with Crippen molar-refractivity contribution in [2.45, 2.75) is 19.6 Å². The molecule has 0 saturated heterocycles. The molecule has 0 spiro atoms. The number of hydrogen-bond acceptors (Lipinski definition) is 4. The third-order valence-corrected chi connectivity index (χ3v) is 3.38. The first-order valence-electron chi connectivity index (χ1n) is 6.96. The molecule has 1 aromatic heterocycles. The number of fused-ring (bicyclic) bond motifs is 1. The smallest absolute Gasteiger partial charge is 0.360 e. The van der Waals surface area contributed by atoms with Gasteiger partial charge in [0, 0.05) is 13.1 Å². The minimum absolute atomic E-state index is 0.0238. The van der Waals surface area contributed by atoms with E-state index < -0.39 is 5.97 Å². The van der Waals surface area contributed by atoms with Crippen molar-refractivity contribution in [2.75, 3.05) is 6.54 Å². The molecule has 1 aromatic carbocycles. The van der Waals surface area contributed by atoms with E-state index in [1.807, 2.05) is 30.3 Å². The molecule has 0 radical (unpaired) electrons. The van der Waals surface area contributed by atoms with Gasteiger partial charge in [-0.25, -0.2) is 4.79 Å². The van der Waals surface area contributed by atoms with Gasteiger partial charge in [-0.2, -0.15) is 5.10 Å². The van der Waals surface area contributed by atoms with Crippen molar-refractivity contribution >= 4 is 11.9 Å². The molecular formula is C15H15N3O4. The minimum atomic E-state index is -1.21. The first-order valence-corrected chi connectivity index (χ1v) is 6.96. The monoisotopic (exact) mass is 301 g/mol. The van der Waals surface area contributed by atoms with Crippen LogP contribution in [-0.4, -0.2) is 33.3 Å². The van der Waals surface area contributed by atoms with Crippen LogP contribution in [-0.2, 0) is 13.2 Å². The number of carboxylic acid groups (broad SMARTS) is 1. The Hall–Kier alpha value is -2.83. The Morgan fingerprint density at radius 2 is 2.14 bits per heavy atom. The topological polar surface area (TPSA) is 93.4 Å². The summed E-state index contributed by atoms with van der Waals surface area (Å²) in [6.07, 6.45) is 0.692. The normalized spacial score (nSPS) is 13.9. The van der Waals surface area contributed by atoms with Crippen molar-refractivity contribution in [2.24, 2.45) is 0 Å². The fourth-order valence-corrected chi connectivity index (χ4v) is 2.35. The van der Waals surface area contributed by atoms with Gasteiger partial charge in [0.05, 0.1) is 0 Å². The molecule has 1 aliphatic rings. The summed E-state index contributed by atoms with van der Waals surface area (Å²) in [6, 6.07) is 9.33. The fourth-order valence-electron chi connectivity index (χ4n) is 2.35. The SMILES string of the molecule is O=C(O)c1nn2c(c1OCc1ccccc1)C(=O)NCCC2. The average Bonchev–Trinajstić information content (AvgIpc) is 2.79. The molecule has 0 saturated carbocycles. The maximum atomic E-state index is 12.1. The first-order chi connectivity index (χ1) is 10.7. The highest BCUT2D eigenvalue weighted by Crippen LogP contribution is 2.26. The van der Waals surface area contributed by atoms with Crippen LogP contribution in [0.3, 0.4) is 0 Å². The molecule has 2 N–H and O–H groups in total. The lowest BCUT2D eigenvalue weighted by atomic mass is 10.2. The number of aromatic carboxylic acids is 1. The van der Waals surface area contributed by atoms with Gasteiger partial charge in [-0.3, -0.25) is 9.48 Å². The van der Waals surface area contributed by atoms with Crippen LogP contribution in [0.25, 0.3) is 0 Å². The average molecular weight is 301 g/mol.